The number of carbonyl (C=O) groups excluding carboxylic acids is 1. The van der Waals surface area contributed by atoms with Crippen LogP contribution in [0.5, 0.6) is 0 Å². The fourth-order valence-corrected chi connectivity index (χ4v) is 2.53. The topological polar surface area (TPSA) is 71.3 Å². The van der Waals surface area contributed by atoms with Gasteiger partial charge in [-0.1, -0.05) is 12.1 Å². The molecule has 2 aromatic heterocycles. The van der Waals surface area contributed by atoms with Crippen LogP contribution in [0.4, 0.5) is 9.93 Å². The van der Waals surface area contributed by atoms with Crippen molar-refractivity contribution in [2.45, 2.75) is 33.7 Å². The maximum atomic E-state index is 12.1. The number of thiazole rings is 1. The van der Waals surface area contributed by atoms with Gasteiger partial charge in [0.15, 0.2) is 5.13 Å². The highest BCUT2D eigenvalue weighted by Crippen LogP contribution is 2.18. The molecule has 0 atom stereocenters. The molecule has 1 N–H and O–H groups in total. The summed E-state index contributed by atoms with van der Waals surface area (Å²) < 4.78 is 5.09. The summed E-state index contributed by atoms with van der Waals surface area (Å²) in [6, 6.07) is -0.193. The number of aromatic nitrogens is 2. The molecule has 2 aromatic rings. The Balaban J connectivity index is 1.98. The average Bonchev–Trinajstić information content (AvgIpc) is 3.00. The molecule has 0 aliphatic rings. The van der Waals surface area contributed by atoms with Crippen LogP contribution in [-0.2, 0) is 13.0 Å². The number of carbonyl (C=O) groups is 1. The molecule has 0 aliphatic heterocycles. The molecule has 0 unspecified atom stereocenters. The van der Waals surface area contributed by atoms with Gasteiger partial charge in [0.25, 0.3) is 0 Å². The Morgan fingerprint density at radius 2 is 2.25 bits per heavy atom. The van der Waals surface area contributed by atoms with Gasteiger partial charge in [0.05, 0.1) is 17.9 Å². The minimum atomic E-state index is -0.193. The fourth-order valence-electron chi connectivity index (χ4n) is 1.75. The van der Waals surface area contributed by atoms with E-state index >= 15 is 0 Å². The Kier molecular flexibility index (Phi) is 4.39. The molecule has 0 bridgehead atoms. The van der Waals surface area contributed by atoms with Crippen molar-refractivity contribution in [3.8, 4) is 0 Å². The zero-order chi connectivity index (χ0) is 14.7. The molecule has 2 heterocycles. The Bertz CT molecular complexity index is 586. The van der Waals surface area contributed by atoms with Gasteiger partial charge >= 0.3 is 6.03 Å². The molecular weight excluding hydrogens is 276 g/mol. The van der Waals surface area contributed by atoms with Crippen LogP contribution in [0.3, 0.4) is 0 Å². The largest absolute Gasteiger partial charge is 0.361 e. The van der Waals surface area contributed by atoms with Gasteiger partial charge < -0.3 is 9.42 Å². The summed E-state index contributed by atoms with van der Waals surface area (Å²) in [5.41, 5.74) is 2.74. The molecule has 0 saturated carbocycles. The number of rotatable bonds is 4. The number of hydrogen-bond donors (Lipinski definition) is 1. The number of hydrogen-bond acceptors (Lipinski definition) is 5. The van der Waals surface area contributed by atoms with E-state index in [2.05, 4.69) is 15.5 Å². The predicted molar refractivity (Wildman–Crippen MR) is 78.0 cm³/mol. The van der Waals surface area contributed by atoms with Crippen molar-refractivity contribution in [2.24, 2.45) is 0 Å². The van der Waals surface area contributed by atoms with Gasteiger partial charge in [-0.15, -0.1) is 11.3 Å². The van der Waals surface area contributed by atoms with Crippen LogP contribution in [0.1, 0.15) is 29.6 Å². The first-order valence-electron chi connectivity index (χ1n) is 6.39. The van der Waals surface area contributed by atoms with E-state index in [0.29, 0.717) is 11.7 Å². The fraction of sp³-hybridized carbons (Fsp3) is 0.462. The predicted octanol–water partition coefficient (Wildman–Crippen LogP) is 2.97. The van der Waals surface area contributed by atoms with Crippen molar-refractivity contribution in [3.05, 3.63) is 28.1 Å². The van der Waals surface area contributed by atoms with Crippen LogP contribution in [0.25, 0.3) is 0 Å². The standard InChI is InChI=1S/C13H18N4O2S/c1-5-10-7-20-12(14-10)15-13(18)17(4)6-11-8(2)16-19-9(11)3/h7H,5-6H2,1-4H3,(H,14,15,18). The van der Waals surface area contributed by atoms with Crippen LogP contribution in [-0.4, -0.2) is 28.1 Å². The van der Waals surface area contributed by atoms with Crippen molar-refractivity contribution in [1.29, 1.82) is 0 Å². The van der Waals surface area contributed by atoms with Gasteiger partial charge in [0.2, 0.25) is 0 Å². The van der Waals surface area contributed by atoms with E-state index in [9.17, 15) is 4.79 Å². The molecule has 6 nitrogen and oxygen atoms in total. The molecule has 2 rings (SSSR count). The van der Waals surface area contributed by atoms with Gasteiger partial charge in [-0.2, -0.15) is 0 Å². The third-order valence-electron chi connectivity index (χ3n) is 3.05. The molecule has 2 amide bonds. The molecule has 0 fully saturated rings. The molecule has 0 spiro atoms. The third kappa shape index (κ3) is 3.16. The Morgan fingerprint density at radius 1 is 1.50 bits per heavy atom. The molecular formula is C13H18N4O2S. The van der Waals surface area contributed by atoms with Crippen LogP contribution < -0.4 is 5.32 Å². The van der Waals surface area contributed by atoms with Crippen LogP contribution in [0, 0.1) is 13.8 Å². The molecule has 108 valence electrons. The van der Waals surface area contributed by atoms with Crippen LogP contribution >= 0.6 is 11.3 Å². The minimum Gasteiger partial charge on any atom is -0.361 e. The highest BCUT2D eigenvalue weighted by atomic mass is 32.1. The molecule has 0 aromatic carbocycles. The second-order valence-electron chi connectivity index (χ2n) is 4.59. The maximum absolute atomic E-state index is 12.1. The smallest absolute Gasteiger partial charge is 0.323 e. The van der Waals surface area contributed by atoms with E-state index in [-0.39, 0.29) is 6.03 Å². The zero-order valence-corrected chi connectivity index (χ0v) is 12.9. The lowest BCUT2D eigenvalue weighted by Crippen LogP contribution is -2.31. The Labute approximate surface area is 121 Å². The first-order chi connectivity index (χ1) is 9.51. The SMILES string of the molecule is CCc1csc(NC(=O)N(C)Cc2c(C)noc2C)n1. The summed E-state index contributed by atoms with van der Waals surface area (Å²) in [7, 11) is 1.73. The van der Waals surface area contributed by atoms with Gasteiger partial charge in [-0.25, -0.2) is 9.78 Å². The van der Waals surface area contributed by atoms with E-state index in [1.165, 1.54) is 11.3 Å². The Hall–Kier alpha value is -1.89. The summed E-state index contributed by atoms with van der Waals surface area (Å²) in [5, 5.41) is 9.25. The lowest BCUT2D eigenvalue weighted by atomic mass is 10.2. The summed E-state index contributed by atoms with van der Waals surface area (Å²) in [6.07, 6.45) is 0.862. The number of amides is 2. The monoisotopic (exact) mass is 294 g/mol. The molecule has 0 saturated heterocycles. The number of aryl methyl sites for hydroxylation is 3. The minimum absolute atomic E-state index is 0.193. The summed E-state index contributed by atoms with van der Waals surface area (Å²) >= 11 is 1.43. The van der Waals surface area contributed by atoms with Crippen LogP contribution in [0.2, 0.25) is 0 Å². The maximum Gasteiger partial charge on any atom is 0.323 e. The van der Waals surface area contributed by atoms with Crippen molar-refractivity contribution >= 4 is 22.5 Å². The zero-order valence-electron chi connectivity index (χ0n) is 12.1. The molecule has 7 heteroatoms. The van der Waals surface area contributed by atoms with E-state index in [1.807, 2.05) is 26.2 Å². The second kappa shape index (κ2) is 6.04. The normalized spacial score (nSPS) is 10.6. The molecule has 0 radical (unpaired) electrons. The first-order valence-corrected chi connectivity index (χ1v) is 7.27. The number of urea groups is 1. The van der Waals surface area contributed by atoms with Crippen molar-refractivity contribution in [3.63, 3.8) is 0 Å². The van der Waals surface area contributed by atoms with Crippen molar-refractivity contribution < 1.29 is 9.32 Å². The lowest BCUT2D eigenvalue weighted by Gasteiger charge is -2.16. The van der Waals surface area contributed by atoms with E-state index < -0.39 is 0 Å². The number of anilines is 1. The number of nitrogens with one attached hydrogen (secondary N) is 1. The second-order valence-corrected chi connectivity index (χ2v) is 5.44. The first kappa shape index (κ1) is 14.5. The quantitative estimate of drug-likeness (QED) is 0.941. The summed E-state index contributed by atoms with van der Waals surface area (Å²) in [6.45, 7) is 6.20. The van der Waals surface area contributed by atoms with Gasteiger partial charge in [-0.05, 0) is 20.3 Å². The Morgan fingerprint density at radius 3 is 2.80 bits per heavy atom. The van der Waals surface area contributed by atoms with Gasteiger partial charge in [0, 0.05) is 18.0 Å². The molecule has 20 heavy (non-hydrogen) atoms. The molecule has 0 aliphatic carbocycles. The van der Waals surface area contributed by atoms with E-state index in [1.54, 1.807) is 11.9 Å². The lowest BCUT2D eigenvalue weighted by molar-refractivity contribution is 0.220. The van der Waals surface area contributed by atoms with Gasteiger partial charge in [0.1, 0.15) is 5.76 Å². The van der Waals surface area contributed by atoms with E-state index in [0.717, 1.165) is 29.1 Å². The van der Waals surface area contributed by atoms with Gasteiger partial charge in [-0.3, -0.25) is 5.32 Å². The van der Waals surface area contributed by atoms with Crippen molar-refractivity contribution in [1.82, 2.24) is 15.0 Å². The number of nitrogens with zero attached hydrogens (tertiary/aromatic N) is 3. The summed E-state index contributed by atoms with van der Waals surface area (Å²) in [4.78, 5) is 18.0. The van der Waals surface area contributed by atoms with Crippen LogP contribution in [0.15, 0.2) is 9.90 Å². The van der Waals surface area contributed by atoms with Crippen molar-refractivity contribution in [2.75, 3.05) is 12.4 Å². The average molecular weight is 294 g/mol. The highest BCUT2D eigenvalue weighted by molar-refractivity contribution is 7.13. The summed E-state index contributed by atoms with van der Waals surface area (Å²) in [5.74, 6) is 0.740. The van der Waals surface area contributed by atoms with E-state index in [4.69, 9.17) is 4.52 Å². The highest BCUT2D eigenvalue weighted by Gasteiger charge is 2.16. The third-order valence-corrected chi connectivity index (χ3v) is 3.86.